The number of amides is 2. The van der Waals surface area contributed by atoms with Gasteiger partial charge in [-0.3, -0.25) is 14.4 Å². The molecule has 0 fully saturated rings. The van der Waals surface area contributed by atoms with Crippen LogP contribution in [0.5, 0.6) is 0 Å². The second-order valence-corrected chi connectivity index (χ2v) is 6.32. The zero-order valence-corrected chi connectivity index (χ0v) is 14.9. The predicted octanol–water partition coefficient (Wildman–Crippen LogP) is 1.47. The highest BCUT2D eigenvalue weighted by Gasteiger charge is 2.32. The lowest BCUT2D eigenvalue weighted by Gasteiger charge is -2.24. The molecule has 142 valence electrons. The van der Waals surface area contributed by atoms with E-state index in [1.165, 1.54) is 31.2 Å². The maximum atomic E-state index is 13.1. The van der Waals surface area contributed by atoms with Gasteiger partial charge in [-0.25, -0.2) is 0 Å². The van der Waals surface area contributed by atoms with Crippen LogP contribution in [0.15, 0.2) is 24.3 Å². The Hall–Kier alpha value is -2.21. The molecule has 0 aliphatic carbocycles. The van der Waals surface area contributed by atoms with Crippen LogP contribution in [-0.2, 0) is 20.8 Å². The fraction of sp³-hybridized carbons (Fsp3) is 0.550. The van der Waals surface area contributed by atoms with Crippen molar-refractivity contribution in [2.24, 2.45) is 11.8 Å². The predicted molar refractivity (Wildman–Crippen MR) is 98.3 cm³/mol. The molecule has 0 saturated heterocycles. The number of hydrogen-bond acceptors (Lipinski definition) is 4. The van der Waals surface area contributed by atoms with Gasteiger partial charge in [0.05, 0.1) is 0 Å². The van der Waals surface area contributed by atoms with E-state index in [0.717, 1.165) is 14.0 Å². The molecule has 6 heteroatoms. The number of nitrogens with one attached hydrogen (secondary N) is 1. The van der Waals surface area contributed by atoms with E-state index in [1.807, 2.05) is 0 Å². The first kappa shape index (κ1) is 11.5. The lowest BCUT2D eigenvalue weighted by molar-refractivity contribution is -0.137. The number of likely N-dealkylation sites (N-methyl/N-ethyl adjacent to an activating group) is 1. The first-order chi connectivity index (χ1) is 15.3. The van der Waals surface area contributed by atoms with E-state index in [-0.39, 0.29) is 11.1 Å². The third kappa shape index (κ3) is 4.49. The monoisotopic (exact) mass is 368 g/mol. The summed E-state index contributed by atoms with van der Waals surface area (Å²) < 4.78 is 62.9. The molecule has 2 rings (SSSR count). The number of aliphatic hydroxyl groups excluding tert-OH is 1. The fourth-order valence-corrected chi connectivity index (χ4v) is 2.56. The smallest absolute Gasteiger partial charge is 0.249 e. The van der Waals surface area contributed by atoms with Crippen molar-refractivity contribution in [3.05, 3.63) is 35.4 Å². The van der Waals surface area contributed by atoms with Gasteiger partial charge in [0.1, 0.15) is 12.1 Å². The number of ketones is 1. The lowest BCUT2D eigenvalue weighted by atomic mass is 9.94. The van der Waals surface area contributed by atoms with Crippen LogP contribution in [0.25, 0.3) is 0 Å². The van der Waals surface area contributed by atoms with Gasteiger partial charge in [0.25, 0.3) is 0 Å². The molecule has 1 aromatic carbocycles. The average Bonchev–Trinajstić information content (AvgIpc) is 2.77. The molecule has 0 bridgehead atoms. The number of aryl methyl sites for hydroxylation is 1. The third-order valence-corrected chi connectivity index (χ3v) is 4.16. The zero-order valence-electron chi connectivity index (χ0n) is 22.9. The summed E-state index contributed by atoms with van der Waals surface area (Å²) in [6, 6.07) is 4.26. The standard InChI is InChI=1S/C20H28N2O4/c1-12(2)18(24)16(23)11-13(3)19(25)21-17-15-8-6-5-7-14(15)9-10-22(4)20(17)26/h5-8,12-13,17-18,24H,9-11H2,1-4H3,(H,21,25)/t13-,17+,18+/m1/s1/i1D3,9D2,10D2,12D/t12?,13-,17+,18+. The van der Waals surface area contributed by atoms with Gasteiger partial charge in [-0.1, -0.05) is 45.0 Å². The van der Waals surface area contributed by atoms with Crippen LogP contribution < -0.4 is 5.32 Å². The van der Waals surface area contributed by atoms with Gasteiger partial charge in [0, 0.05) is 36.8 Å². The van der Waals surface area contributed by atoms with Gasteiger partial charge in [0.15, 0.2) is 5.78 Å². The number of fused-ring (bicyclic) bond motifs is 1. The van der Waals surface area contributed by atoms with E-state index < -0.39 is 67.7 Å². The number of aliphatic hydroxyl groups is 1. The van der Waals surface area contributed by atoms with E-state index in [9.17, 15) is 19.5 Å². The number of nitrogens with zero attached hydrogens (tertiary/aromatic N) is 1. The second kappa shape index (κ2) is 8.45. The minimum Gasteiger partial charge on any atom is -0.385 e. The Balaban J connectivity index is 2.31. The van der Waals surface area contributed by atoms with E-state index >= 15 is 0 Å². The van der Waals surface area contributed by atoms with Crippen molar-refractivity contribution < 1.29 is 30.5 Å². The van der Waals surface area contributed by atoms with E-state index in [4.69, 9.17) is 11.0 Å². The summed E-state index contributed by atoms with van der Waals surface area (Å²) in [5.74, 6) is -6.40. The number of rotatable bonds is 6. The summed E-state index contributed by atoms with van der Waals surface area (Å²) in [6.07, 6.45) is -5.40. The van der Waals surface area contributed by atoms with Crippen LogP contribution in [-0.4, -0.2) is 47.3 Å². The highest BCUT2D eigenvalue weighted by molar-refractivity contribution is 5.92. The van der Waals surface area contributed by atoms with Gasteiger partial charge >= 0.3 is 0 Å². The molecule has 6 nitrogen and oxygen atoms in total. The zero-order chi connectivity index (χ0) is 26.4. The second-order valence-electron chi connectivity index (χ2n) is 6.32. The highest BCUT2D eigenvalue weighted by Crippen LogP contribution is 2.25. The molecule has 1 heterocycles. The molecule has 2 N–H and O–H groups in total. The number of Topliss-reactive ketones (excluding diaryl/α,β-unsaturated/α-hetero) is 1. The Morgan fingerprint density at radius 3 is 2.85 bits per heavy atom. The number of hydrogen-bond donors (Lipinski definition) is 2. The summed E-state index contributed by atoms with van der Waals surface area (Å²) in [5, 5.41) is 12.5. The van der Waals surface area contributed by atoms with Crippen LogP contribution in [0, 0.1) is 11.8 Å². The van der Waals surface area contributed by atoms with Crippen LogP contribution in [0.3, 0.4) is 0 Å². The minimum atomic E-state index is -2.95. The summed E-state index contributed by atoms with van der Waals surface area (Å²) in [4.78, 5) is 38.9. The van der Waals surface area contributed by atoms with Crippen molar-refractivity contribution in [1.29, 1.82) is 0 Å². The Morgan fingerprint density at radius 2 is 2.15 bits per heavy atom. The molecule has 26 heavy (non-hydrogen) atoms. The average molecular weight is 369 g/mol. The van der Waals surface area contributed by atoms with Crippen molar-refractivity contribution in [3.8, 4) is 0 Å². The van der Waals surface area contributed by atoms with Crippen LogP contribution in [0.1, 0.15) is 55.3 Å². The van der Waals surface area contributed by atoms with E-state index in [2.05, 4.69) is 5.32 Å². The molecule has 0 aromatic heterocycles. The largest absolute Gasteiger partial charge is 0.385 e. The molecule has 0 radical (unpaired) electrons. The Labute approximate surface area is 165 Å². The summed E-state index contributed by atoms with van der Waals surface area (Å²) in [5.41, 5.74) is -0.0661. The highest BCUT2D eigenvalue weighted by atomic mass is 16.3. The number of benzene rings is 1. The quantitative estimate of drug-likeness (QED) is 0.796. The number of carbonyl (C=O) groups excluding carboxylic acids is 3. The summed E-state index contributed by atoms with van der Waals surface area (Å²) in [7, 11) is 1.08. The molecule has 0 spiro atoms. The van der Waals surface area contributed by atoms with Crippen molar-refractivity contribution in [2.45, 2.75) is 45.6 Å². The van der Waals surface area contributed by atoms with Crippen LogP contribution in [0.2, 0.25) is 0 Å². The van der Waals surface area contributed by atoms with Gasteiger partial charge in [-0.05, 0) is 23.4 Å². The molecule has 4 atom stereocenters. The van der Waals surface area contributed by atoms with E-state index in [0.29, 0.717) is 4.90 Å². The van der Waals surface area contributed by atoms with Crippen LogP contribution in [0.4, 0.5) is 0 Å². The van der Waals surface area contributed by atoms with Gasteiger partial charge in [0.2, 0.25) is 11.8 Å². The Bertz CT molecular complexity index is 980. The normalized spacial score (nSPS) is 30.7. The van der Waals surface area contributed by atoms with Crippen molar-refractivity contribution >= 4 is 17.6 Å². The molecule has 0 saturated carbocycles. The van der Waals surface area contributed by atoms with Crippen molar-refractivity contribution in [3.63, 3.8) is 0 Å². The summed E-state index contributed by atoms with van der Waals surface area (Å²) >= 11 is 0. The molecule has 1 aromatic rings. The topological polar surface area (TPSA) is 86.7 Å². The molecule has 2 amide bonds. The molecular weight excluding hydrogens is 332 g/mol. The molecule has 1 unspecified atom stereocenters. The SMILES string of the molecule is [2H]C([2H])([2H])C([2H])(C)[C@H](O)C(=O)C[C@@H](C)C(=O)N[C@@H]1C(=O)N(C)C([2H])([2H])C([2H])([2H])c2ccccc21. The third-order valence-electron chi connectivity index (χ3n) is 4.16. The van der Waals surface area contributed by atoms with Gasteiger partial charge in [-0.15, -0.1) is 0 Å². The first-order valence-corrected chi connectivity index (χ1v) is 8.16. The van der Waals surface area contributed by atoms with Crippen LogP contribution >= 0.6 is 0 Å². The van der Waals surface area contributed by atoms with Gasteiger partial charge in [-0.2, -0.15) is 0 Å². The lowest BCUT2D eigenvalue weighted by Crippen LogP contribution is -2.43. The Morgan fingerprint density at radius 1 is 1.46 bits per heavy atom. The van der Waals surface area contributed by atoms with Crippen molar-refractivity contribution in [1.82, 2.24) is 10.2 Å². The maximum absolute atomic E-state index is 13.1. The first-order valence-electron chi connectivity index (χ1n) is 12.2. The van der Waals surface area contributed by atoms with E-state index in [1.54, 1.807) is 0 Å². The Kier molecular flexibility index (Phi) is 3.73. The molecule has 1 aliphatic heterocycles. The number of carbonyl (C=O) groups is 3. The minimum absolute atomic E-state index is 0.0544. The maximum Gasteiger partial charge on any atom is 0.249 e. The summed E-state index contributed by atoms with van der Waals surface area (Å²) in [6.45, 7) is -3.48. The van der Waals surface area contributed by atoms with Gasteiger partial charge < -0.3 is 15.3 Å². The van der Waals surface area contributed by atoms with Crippen molar-refractivity contribution in [2.75, 3.05) is 13.5 Å². The molecule has 1 aliphatic rings. The molecular formula is C20H28N2O4. The fourth-order valence-electron chi connectivity index (χ4n) is 2.56.